The van der Waals surface area contributed by atoms with Crippen LogP contribution in [0.25, 0.3) is 0 Å². The molecule has 0 spiro atoms. The fraction of sp³-hybridized carbons (Fsp3) is 0.714. The highest BCUT2D eigenvalue weighted by Gasteiger charge is 2.32. The van der Waals surface area contributed by atoms with Gasteiger partial charge in [-0.3, -0.25) is 14.5 Å². The van der Waals surface area contributed by atoms with Gasteiger partial charge >= 0.3 is 0 Å². The van der Waals surface area contributed by atoms with Crippen LogP contribution in [0.15, 0.2) is 6.20 Å². The molecule has 8 nitrogen and oxygen atoms in total. The van der Waals surface area contributed by atoms with Crippen LogP contribution in [0, 0.1) is 6.92 Å². The van der Waals surface area contributed by atoms with Crippen molar-refractivity contribution in [2.75, 3.05) is 46.4 Å². The molecular formula is C21H33N5O3. The number of hydrogen-bond acceptors (Lipinski definition) is 6. The SMILES string of the molecule is COCCNC(=O)CN1CCCC[C@@H]1c1nc(C)ncc1C(=O)N1CCCCC1. The minimum absolute atomic E-state index is 0.0229. The second-order valence-electron chi connectivity index (χ2n) is 7.89. The quantitative estimate of drug-likeness (QED) is 0.697. The predicted octanol–water partition coefficient (Wildman–Crippen LogP) is 1.70. The van der Waals surface area contributed by atoms with Crippen LogP contribution in [0.5, 0.6) is 0 Å². The molecular weight excluding hydrogens is 370 g/mol. The van der Waals surface area contributed by atoms with Gasteiger partial charge in [0, 0.05) is 32.9 Å². The average molecular weight is 404 g/mol. The Balaban J connectivity index is 1.79. The molecule has 2 aliphatic heterocycles. The Morgan fingerprint density at radius 1 is 1.17 bits per heavy atom. The summed E-state index contributed by atoms with van der Waals surface area (Å²) in [5, 5.41) is 2.89. The van der Waals surface area contributed by atoms with E-state index in [2.05, 4.69) is 15.2 Å². The fourth-order valence-corrected chi connectivity index (χ4v) is 4.20. The van der Waals surface area contributed by atoms with Gasteiger partial charge < -0.3 is 15.0 Å². The highest BCUT2D eigenvalue weighted by atomic mass is 16.5. The van der Waals surface area contributed by atoms with Gasteiger partial charge in [-0.2, -0.15) is 0 Å². The summed E-state index contributed by atoms with van der Waals surface area (Å²) in [6.45, 7) is 5.56. The molecule has 3 rings (SSSR count). The zero-order valence-electron chi connectivity index (χ0n) is 17.7. The summed E-state index contributed by atoms with van der Waals surface area (Å²) < 4.78 is 5.00. The van der Waals surface area contributed by atoms with Crippen molar-refractivity contribution in [3.8, 4) is 0 Å². The van der Waals surface area contributed by atoms with Gasteiger partial charge in [-0.15, -0.1) is 0 Å². The van der Waals surface area contributed by atoms with E-state index in [0.717, 1.165) is 57.4 Å². The molecule has 2 fully saturated rings. The molecule has 3 heterocycles. The van der Waals surface area contributed by atoms with Gasteiger partial charge in [-0.25, -0.2) is 9.97 Å². The Labute approximate surface area is 173 Å². The minimum Gasteiger partial charge on any atom is -0.383 e. The number of methoxy groups -OCH3 is 1. The molecule has 2 aliphatic rings. The predicted molar refractivity (Wildman–Crippen MR) is 110 cm³/mol. The van der Waals surface area contributed by atoms with Crippen molar-refractivity contribution in [1.82, 2.24) is 25.1 Å². The van der Waals surface area contributed by atoms with Crippen LogP contribution in [0.4, 0.5) is 0 Å². The number of piperidine rings is 2. The Kier molecular flexibility index (Phi) is 7.94. The highest BCUT2D eigenvalue weighted by Crippen LogP contribution is 2.32. The molecule has 0 aromatic carbocycles. The van der Waals surface area contributed by atoms with Crippen LogP contribution in [0.3, 0.4) is 0 Å². The van der Waals surface area contributed by atoms with Crippen molar-refractivity contribution >= 4 is 11.8 Å². The van der Waals surface area contributed by atoms with E-state index in [1.807, 2.05) is 11.8 Å². The average Bonchev–Trinajstić information content (AvgIpc) is 2.74. The Morgan fingerprint density at radius 2 is 1.93 bits per heavy atom. The van der Waals surface area contributed by atoms with E-state index in [-0.39, 0.29) is 17.9 Å². The number of nitrogens with one attached hydrogen (secondary N) is 1. The van der Waals surface area contributed by atoms with Crippen LogP contribution in [-0.2, 0) is 9.53 Å². The van der Waals surface area contributed by atoms with Crippen molar-refractivity contribution < 1.29 is 14.3 Å². The zero-order valence-corrected chi connectivity index (χ0v) is 17.7. The van der Waals surface area contributed by atoms with Crippen molar-refractivity contribution in [2.45, 2.75) is 51.5 Å². The topological polar surface area (TPSA) is 87.7 Å². The number of amides is 2. The van der Waals surface area contributed by atoms with E-state index in [9.17, 15) is 9.59 Å². The number of carbonyl (C=O) groups is 2. The first kappa shape index (κ1) is 21.6. The lowest BCUT2D eigenvalue weighted by atomic mass is 9.95. The minimum atomic E-state index is -0.0395. The normalized spacial score (nSPS) is 20.5. The monoisotopic (exact) mass is 403 g/mol. The first-order valence-corrected chi connectivity index (χ1v) is 10.7. The number of nitrogens with zero attached hydrogens (tertiary/aromatic N) is 4. The van der Waals surface area contributed by atoms with Crippen LogP contribution in [-0.4, -0.2) is 78.0 Å². The third-order valence-electron chi connectivity index (χ3n) is 5.72. The number of hydrogen-bond donors (Lipinski definition) is 1. The number of aromatic nitrogens is 2. The fourth-order valence-electron chi connectivity index (χ4n) is 4.20. The smallest absolute Gasteiger partial charge is 0.257 e. The van der Waals surface area contributed by atoms with Gasteiger partial charge in [0.2, 0.25) is 5.91 Å². The first-order valence-electron chi connectivity index (χ1n) is 10.7. The molecule has 0 radical (unpaired) electrons. The molecule has 1 atom stereocenters. The maximum atomic E-state index is 13.2. The largest absolute Gasteiger partial charge is 0.383 e. The summed E-state index contributed by atoms with van der Waals surface area (Å²) >= 11 is 0. The maximum absolute atomic E-state index is 13.2. The number of likely N-dealkylation sites (tertiary alicyclic amines) is 2. The summed E-state index contributed by atoms with van der Waals surface area (Å²) in [7, 11) is 1.62. The Morgan fingerprint density at radius 3 is 2.69 bits per heavy atom. The molecule has 0 aliphatic carbocycles. The standard InChI is InChI=1S/C21H33N5O3/c1-16-23-14-17(21(28)25-10-5-3-6-11-25)20(24-16)18-8-4-7-12-26(18)15-19(27)22-9-13-29-2/h14,18H,3-13,15H2,1-2H3,(H,22,27)/t18-/m1/s1. The Bertz CT molecular complexity index is 706. The van der Waals surface area contributed by atoms with E-state index < -0.39 is 0 Å². The molecule has 29 heavy (non-hydrogen) atoms. The number of rotatable bonds is 7. The highest BCUT2D eigenvalue weighted by molar-refractivity contribution is 5.95. The zero-order chi connectivity index (χ0) is 20.6. The van der Waals surface area contributed by atoms with Crippen molar-refractivity contribution in [1.29, 1.82) is 0 Å². The summed E-state index contributed by atoms with van der Waals surface area (Å²) in [6.07, 6.45) is 7.95. The van der Waals surface area contributed by atoms with Crippen molar-refractivity contribution in [3.63, 3.8) is 0 Å². The second-order valence-corrected chi connectivity index (χ2v) is 7.89. The van der Waals surface area contributed by atoms with Crippen LogP contribution in [0.2, 0.25) is 0 Å². The number of ether oxygens (including phenoxy) is 1. The lowest BCUT2D eigenvalue weighted by Crippen LogP contribution is -2.43. The summed E-state index contributed by atoms with van der Waals surface area (Å²) in [4.78, 5) is 38.7. The molecule has 1 aromatic heterocycles. The number of carbonyl (C=O) groups excluding carboxylic acids is 2. The van der Waals surface area contributed by atoms with Gasteiger partial charge in [0.25, 0.3) is 5.91 Å². The van der Waals surface area contributed by atoms with E-state index in [0.29, 0.717) is 31.1 Å². The third kappa shape index (κ3) is 5.73. The van der Waals surface area contributed by atoms with Crippen molar-refractivity contribution in [2.24, 2.45) is 0 Å². The molecule has 0 unspecified atom stereocenters. The van der Waals surface area contributed by atoms with Crippen LogP contribution >= 0.6 is 0 Å². The van der Waals surface area contributed by atoms with E-state index in [1.54, 1.807) is 13.3 Å². The lowest BCUT2D eigenvalue weighted by Gasteiger charge is -2.36. The second kappa shape index (κ2) is 10.6. The maximum Gasteiger partial charge on any atom is 0.257 e. The first-order chi connectivity index (χ1) is 14.1. The Hall–Kier alpha value is -2.06. The summed E-state index contributed by atoms with van der Waals surface area (Å²) in [6, 6.07) is -0.0395. The molecule has 160 valence electrons. The summed E-state index contributed by atoms with van der Waals surface area (Å²) in [5.74, 6) is 0.656. The molecule has 0 bridgehead atoms. The van der Waals surface area contributed by atoms with Gasteiger partial charge in [0.05, 0.1) is 30.5 Å². The van der Waals surface area contributed by atoms with E-state index >= 15 is 0 Å². The van der Waals surface area contributed by atoms with Crippen LogP contribution in [0.1, 0.15) is 66.4 Å². The molecule has 8 heteroatoms. The summed E-state index contributed by atoms with van der Waals surface area (Å²) in [5.41, 5.74) is 1.37. The molecule has 2 saturated heterocycles. The molecule has 1 N–H and O–H groups in total. The lowest BCUT2D eigenvalue weighted by molar-refractivity contribution is -0.123. The van der Waals surface area contributed by atoms with Crippen molar-refractivity contribution in [3.05, 3.63) is 23.3 Å². The van der Waals surface area contributed by atoms with E-state index in [4.69, 9.17) is 9.72 Å². The molecule has 2 amide bonds. The van der Waals surface area contributed by atoms with E-state index in [1.165, 1.54) is 6.42 Å². The van der Waals surface area contributed by atoms with Crippen LogP contribution < -0.4 is 5.32 Å². The molecule has 1 aromatic rings. The van der Waals surface area contributed by atoms with Gasteiger partial charge in [-0.1, -0.05) is 6.42 Å². The van der Waals surface area contributed by atoms with Gasteiger partial charge in [0.1, 0.15) is 5.82 Å². The van der Waals surface area contributed by atoms with Gasteiger partial charge in [-0.05, 0) is 45.6 Å². The third-order valence-corrected chi connectivity index (χ3v) is 5.72. The number of aryl methyl sites for hydroxylation is 1. The van der Waals surface area contributed by atoms with Gasteiger partial charge in [0.15, 0.2) is 0 Å². The molecule has 0 saturated carbocycles.